The van der Waals surface area contributed by atoms with Crippen LogP contribution in [0.15, 0.2) is 67.3 Å². The maximum atomic E-state index is 15.0. The highest BCUT2D eigenvalue weighted by atomic mass is 19.2. The first-order valence-corrected chi connectivity index (χ1v) is 12.1. The van der Waals surface area contributed by atoms with Crippen LogP contribution in [0.5, 0.6) is 5.75 Å². The second-order valence-corrected chi connectivity index (χ2v) is 9.16. The molecule has 4 heteroatoms. The van der Waals surface area contributed by atoms with E-state index in [1.807, 2.05) is 12.1 Å². The van der Waals surface area contributed by atoms with Crippen LogP contribution in [0.25, 0.3) is 22.3 Å². The molecule has 0 saturated heterocycles. The first kappa shape index (κ1) is 24.1. The number of halogens is 3. The van der Waals surface area contributed by atoms with E-state index in [1.165, 1.54) is 43.9 Å². The fourth-order valence-corrected chi connectivity index (χ4v) is 5.06. The van der Waals surface area contributed by atoms with Gasteiger partial charge in [-0.1, -0.05) is 68.8 Å². The Balaban J connectivity index is 1.50. The molecule has 1 fully saturated rings. The average Bonchev–Trinajstić information content (AvgIpc) is 2.86. The first-order chi connectivity index (χ1) is 16.5. The van der Waals surface area contributed by atoms with Crippen LogP contribution in [0, 0.1) is 23.4 Å². The van der Waals surface area contributed by atoms with Crippen molar-refractivity contribution >= 4 is 0 Å². The summed E-state index contributed by atoms with van der Waals surface area (Å²) in [4.78, 5) is 0. The standard InChI is InChI=1S/C30H31F3O/c1-3-5-20-6-8-21(9-7-20)24-14-15-25(27(31)19-24)22-10-12-23(13-11-22)26-16-17-28(34-18-4-2)30(33)29(26)32/h4,10-17,19-21H,2-3,5-9,18H2,1H3. The summed E-state index contributed by atoms with van der Waals surface area (Å²) in [6.45, 7) is 5.83. The summed E-state index contributed by atoms with van der Waals surface area (Å²) < 4.78 is 49.1. The summed E-state index contributed by atoms with van der Waals surface area (Å²) >= 11 is 0. The Labute approximate surface area is 200 Å². The van der Waals surface area contributed by atoms with Crippen LogP contribution in [-0.4, -0.2) is 6.61 Å². The van der Waals surface area contributed by atoms with Crippen molar-refractivity contribution in [3.05, 3.63) is 90.3 Å². The zero-order chi connectivity index (χ0) is 24.1. The smallest absolute Gasteiger partial charge is 0.201 e. The Morgan fingerprint density at radius 1 is 0.853 bits per heavy atom. The minimum Gasteiger partial charge on any atom is -0.486 e. The second-order valence-electron chi connectivity index (χ2n) is 9.16. The van der Waals surface area contributed by atoms with Gasteiger partial charge in [0, 0.05) is 11.1 Å². The topological polar surface area (TPSA) is 9.23 Å². The molecule has 178 valence electrons. The third kappa shape index (κ3) is 5.22. The molecule has 0 N–H and O–H groups in total. The van der Waals surface area contributed by atoms with Gasteiger partial charge in [0.05, 0.1) is 0 Å². The quantitative estimate of drug-likeness (QED) is 0.302. The largest absolute Gasteiger partial charge is 0.486 e. The SMILES string of the molecule is C=CCOc1ccc(-c2ccc(-c3ccc(C4CCC(CCC)CC4)cc3F)cc2)c(F)c1F. The highest BCUT2D eigenvalue weighted by Crippen LogP contribution is 2.39. The molecule has 3 aromatic carbocycles. The number of hydrogen-bond acceptors (Lipinski definition) is 1. The van der Waals surface area contributed by atoms with Gasteiger partial charge in [0.15, 0.2) is 11.6 Å². The summed E-state index contributed by atoms with van der Waals surface area (Å²) in [5, 5.41) is 0. The molecule has 1 saturated carbocycles. The highest BCUT2D eigenvalue weighted by Gasteiger charge is 2.23. The minimum absolute atomic E-state index is 0.0921. The molecule has 1 nitrogen and oxygen atoms in total. The molecule has 0 bridgehead atoms. The zero-order valence-electron chi connectivity index (χ0n) is 19.6. The van der Waals surface area contributed by atoms with Gasteiger partial charge in [-0.3, -0.25) is 0 Å². The van der Waals surface area contributed by atoms with Gasteiger partial charge < -0.3 is 4.74 Å². The van der Waals surface area contributed by atoms with E-state index in [0.29, 0.717) is 22.6 Å². The van der Waals surface area contributed by atoms with E-state index in [1.54, 1.807) is 30.3 Å². The van der Waals surface area contributed by atoms with E-state index >= 15 is 4.39 Å². The lowest BCUT2D eigenvalue weighted by Crippen LogP contribution is -2.13. The Morgan fingerprint density at radius 3 is 2.12 bits per heavy atom. The zero-order valence-corrected chi connectivity index (χ0v) is 19.6. The van der Waals surface area contributed by atoms with Crippen molar-refractivity contribution in [1.29, 1.82) is 0 Å². The maximum absolute atomic E-state index is 15.0. The van der Waals surface area contributed by atoms with Gasteiger partial charge in [0.1, 0.15) is 12.4 Å². The monoisotopic (exact) mass is 464 g/mol. The molecule has 0 aromatic heterocycles. The minimum atomic E-state index is -1.03. The van der Waals surface area contributed by atoms with Crippen molar-refractivity contribution in [2.24, 2.45) is 5.92 Å². The molecule has 1 aliphatic carbocycles. The van der Waals surface area contributed by atoms with Gasteiger partial charge in [-0.15, -0.1) is 0 Å². The maximum Gasteiger partial charge on any atom is 0.201 e. The normalized spacial score (nSPS) is 18.0. The number of ether oxygens (including phenoxy) is 1. The van der Waals surface area contributed by atoms with E-state index in [0.717, 1.165) is 24.3 Å². The molecule has 3 aromatic rings. The molecule has 0 spiro atoms. The van der Waals surface area contributed by atoms with E-state index in [-0.39, 0.29) is 23.7 Å². The molecule has 0 aliphatic heterocycles. The molecule has 0 radical (unpaired) electrons. The van der Waals surface area contributed by atoms with Crippen molar-refractivity contribution in [2.75, 3.05) is 6.61 Å². The van der Waals surface area contributed by atoms with Crippen LogP contribution < -0.4 is 4.74 Å². The molecule has 0 heterocycles. The number of rotatable bonds is 8. The highest BCUT2D eigenvalue weighted by molar-refractivity contribution is 5.71. The Hall–Kier alpha value is -3.01. The van der Waals surface area contributed by atoms with Crippen molar-refractivity contribution in [3.63, 3.8) is 0 Å². The van der Waals surface area contributed by atoms with E-state index in [4.69, 9.17) is 4.74 Å². The van der Waals surface area contributed by atoms with E-state index in [9.17, 15) is 8.78 Å². The fourth-order valence-electron chi connectivity index (χ4n) is 5.06. The van der Waals surface area contributed by atoms with Gasteiger partial charge in [-0.2, -0.15) is 4.39 Å². The van der Waals surface area contributed by atoms with Gasteiger partial charge in [0.2, 0.25) is 5.82 Å². The lowest BCUT2D eigenvalue weighted by molar-refractivity contribution is 0.308. The Morgan fingerprint density at radius 2 is 1.50 bits per heavy atom. The number of hydrogen-bond donors (Lipinski definition) is 0. The molecule has 34 heavy (non-hydrogen) atoms. The summed E-state index contributed by atoms with van der Waals surface area (Å²) in [7, 11) is 0. The third-order valence-corrected chi connectivity index (χ3v) is 6.92. The first-order valence-electron chi connectivity index (χ1n) is 12.1. The lowest BCUT2D eigenvalue weighted by atomic mass is 9.77. The average molecular weight is 465 g/mol. The van der Waals surface area contributed by atoms with E-state index in [2.05, 4.69) is 13.5 Å². The summed E-state index contributed by atoms with van der Waals surface area (Å²) in [5.41, 5.74) is 2.92. The van der Waals surface area contributed by atoms with Crippen molar-refractivity contribution in [1.82, 2.24) is 0 Å². The van der Waals surface area contributed by atoms with Gasteiger partial charge >= 0.3 is 0 Å². The molecule has 4 rings (SSSR count). The van der Waals surface area contributed by atoms with Crippen LogP contribution in [0.4, 0.5) is 13.2 Å². The van der Waals surface area contributed by atoms with Gasteiger partial charge in [0.25, 0.3) is 0 Å². The molecular formula is C30H31F3O. The molecule has 0 amide bonds. The fraction of sp³-hybridized carbons (Fsp3) is 0.333. The third-order valence-electron chi connectivity index (χ3n) is 6.92. The van der Waals surface area contributed by atoms with Gasteiger partial charge in [-0.05, 0) is 72.4 Å². The molecular weight excluding hydrogens is 433 g/mol. The Bertz CT molecular complexity index is 1130. The van der Waals surface area contributed by atoms with Crippen LogP contribution in [0.2, 0.25) is 0 Å². The van der Waals surface area contributed by atoms with Crippen molar-refractivity contribution in [2.45, 2.75) is 51.4 Å². The summed E-state index contributed by atoms with van der Waals surface area (Å²) in [6, 6.07) is 15.3. The summed E-state index contributed by atoms with van der Waals surface area (Å²) in [5.74, 6) is -1.17. The molecule has 1 aliphatic rings. The number of benzene rings is 3. The second kappa shape index (κ2) is 10.9. The molecule has 0 unspecified atom stereocenters. The van der Waals surface area contributed by atoms with Crippen LogP contribution in [0.3, 0.4) is 0 Å². The lowest BCUT2D eigenvalue weighted by Gasteiger charge is -2.28. The van der Waals surface area contributed by atoms with Crippen LogP contribution in [-0.2, 0) is 0 Å². The summed E-state index contributed by atoms with van der Waals surface area (Å²) in [6.07, 6.45) is 8.68. The van der Waals surface area contributed by atoms with Crippen LogP contribution >= 0.6 is 0 Å². The van der Waals surface area contributed by atoms with Gasteiger partial charge in [-0.25, -0.2) is 8.78 Å². The van der Waals surface area contributed by atoms with Crippen molar-refractivity contribution < 1.29 is 17.9 Å². The van der Waals surface area contributed by atoms with E-state index < -0.39 is 11.6 Å². The predicted molar refractivity (Wildman–Crippen MR) is 132 cm³/mol. The molecule has 0 atom stereocenters. The van der Waals surface area contributed by atoms with Crippen molar-refractivity contribution in [3.8, 4) is 28.0 Å². The predicted octanol–water partition coefficient (Wildman–Crippen LogP) is 9.08. The van der Waals surface area contributed by atoms with Crippen LogP contribution in [0.1, 0.15) is 56.9 Å². The Kier molecular flexibility index (Phi) is 7.77.